The lowest BCUT2D eigenvalue weighted by molar-refractivity contribution is 0.0782. The first-order valence-corrected chi connectivity index (χ1v) is 9.72. The number of benzene rings is 1. The Balaban J connectivity index is 1.80. The second kappa shape index (κ2) is 7.80. The van der Waals surface area contributed by atoms with Gasteiger partial charge in [-0.2, -0.15) is 0 Å². The predicted molar refractivity (Wildman–Crippen MR) is 99.4 cm³/mol. The fraction of sp³-hybridized carbons (Fsp3) is 0.474. The Morgan fingerprint density at radius 1 is 1.35 bits per heavy atom. The van der Waals surface area contributed by atoms with Gasteiger partial charge in [-0.1, -0.05) is 13.8 Å². The number of thiazole rings is 1. The van der Waals surface area contributed by atoms with Gasteiger partial charge < -0.3 is 4.90 Å². The number of hydrogen-bond acceptors (Lipinski definition) is 4. The normalized spacial score (nSPS) is 17.3. The summed E-state index contributed by atoms with van der Waals surface area (Å²) < 4.78 is 27.1. The summed E-state index contributed by atoms with van der Waals surface area (Å²) in [5.41, 5.74) is 0.811. The molecular weight excluding hydrogens is 356 g/mol. The van der Waals surface area contributed by atoms with E-state index in [1.54, 1.807) is 6.92 Å². The molecule has 26 heavy (non-hydrogen) atoms. The average molecular weight is 379 g/mol. The van der Waals surface area contributed by atoms with E-state index in [1.807, 2.05) is 4.90 Å². The monoisotopic (exact) mass is 379 g/mol. The van der Waals surface area contributed by atoms with Crippen LogP contribution in [0.1, 0.15) is 35.6 Å². The summed E-state index contributed by atoms with van der Waals surface area (Å²) in [7, 11) is 0. The van der Waals surface area contributed by atoms with Gasteiger partial charge >= 0.3 is 0 Å². The molecule has 7 heteroatoms. The molecule has 1 saturated heterocycles. The number of likely N-dealkylation sites (N-methyl/N-ethyl adjacent to an activating group) is 1. The Kier molecular flexibility index (Phi) is 5.67. The van der Waals surface area contributed by atoms with Crippen molar-refractivity contribution in [1.29, 1.82) is 0 Å². The number of carbonyl (C=O) groups excluding carboxylic acids is 1. The van der Waals surface area contributed by atoms with Gasteiger partial charge in [-0.05, 0) is 38.6 Å². The summed E-state index contributed by atoms with van der Waals surface area (Å²) in [6.07, 6.45) is 0.963. The summed E-state index contributed by atoms with van der Waals surface area (Å²) in [6.45, 7) is 9.38. The van der Waals surface area contributed by atoms with Crippen LogP contribution in [0, 0.1) is 18.6 Å². The standard InChI is InChI=1S/C19H23F2N3OS/c1-4-23(5-2)14-8-9-24(11-14)19(25)17-12(3)22-18(26-17)15-7-6-13(20)10-16(15)21/h6-7,10,14H,4-5,8-9,11H2,1-3H3. The maximum Gasteiger partial charge on any atom is 0.265 e. The lowest BCUT2D eigenvalue weighted by Gasteiger charge is -2.26. The van der Waals surface area contributed by atoms with E-state index >= 15 is 0 Å². The minimum absolute atomic E-state index is 0.0524. The fourth-order valence-electron chi connectivity index (χ4n) is 3.48. The highest BCUT2D eigenvalue weighted by atomic mass is 32.1. The number of likely N-dealkylation sites (tertiary alicyclic amines) is 1. The molecule has 1 aliphatic rings. The first-order chi connectivity index (χ1) is 12.4. The number of rotatable bonds is 5. The highest BCUT2D eigenvalue weighted by Crippen LogP contribution is 2.31. The van der Waals surface area contributed by atoms with Crippen LogP contribution in [0.2, 0.25) is 0 Å². The maximum absolute atomic E-state index is 14.0. The molecule has 0 radical (unpaired) electrons. The third-order valence-corrected chi connectivity index (χ3v) is 6.11. The highest BCUT2D eigenvalue weighted by molar-refractivity contribution is 7.17. The molecule has 3 rings (SSSR count). The van der Waals surface area contributed by atoms with Crippen LogP contribution in [0.15, 0.2) is 18.2 Å². The van der Waals surface area contributed by atoms with Gasteiger partial charge in [0.2, 0.25) is 0 Å². The topological polar surface area (TPSA) is 36.4 Å². The van der Waals surface area contributed by atoms with Crippen LogP contribution >= 0.6 is 11.3 Å². The van der Waals surface area contributed by atoms with E-state index in [0.717, 1.165) is 32.1 Å². The fourth-order valence-corrected chi connectivity index (χ4v) is 4.54. The molecule has 1 amide bonds. The Bertz CT molecular complexity index is 804. The van der Waals surface area contributed by atoms with Crippen molar-refractivity contribution in [2.24, 2.45) is 0 Å². The van der Waals surface area contributed by atoms with Gasteiger partial charge in [0, 0.05) is 30.8 Å². The van der Waals surface area contributed by atoms with Crippen LogP contribution < -0.4 is 0 Å². The van der Waals surface area contributed by atoms with Crippen LogP contribution in [0.25, 0.3) is 10.6 Å². The molecule has 1 fully saturated rings. The number of aryl methyl sites for hydroxylation is 1. The van der Waals surface area contributed by atoms with E-state index in [2.05, 4.69) is 23.7 Å². The van der Waals surface area contributed by atoms with Crippen molar-refractivity contribution in [1.82, 2.24) is 14.8 Å². The molecule has 0 N–H and O–H groups in total. The molecule has 1 unspecified atom stereocenters. The summed E-state index contributed by atoms with van der Waals surface area (Å²) in [4.78, 5) is 22.0. The van der Waals surface area contributed by atoms with E-state index < -0.39 is 11.6 Å². The Morgan fingerprint density at radius 2 is 2.08 bits per heavy atom. The number of nitrogens with zero attached hydrogens (tertiary/aromatic N) is 3. The lowest BCUT2D eigenvalue weighted by Crippen LogP contribution is -2.38. The van der Waals surface area contributed by atoms with Gasteiger partial charge in [0.15, 0.2) is 0 Å². The zero-order valence-corrected chi connectivity index (χ0v) is 16.1. The first-order valence-electron chi connectivity index (χ1n) is 8.90. The SMILES string of the molecule is CCN(CC)C1CCN(C(=O)c2sc(-c3ccc(F)cc3F)nc2C)C1. The van der Waals surface area contributed by atoms with Crippen LogP contribution in [0.5, 0.6) is 0 Å². The Hall–Kier alpha value is -1.86. The molecule has 1 aromatic carbocycles. The van der Waals surface area contributed by atoms with Gasteiger partial charge in [-0.25, -0.2) is 13.8 Å². The second-order valence-electron chi connectivity index (χ2n) is 6.47. The average Bonchev–Trinajstić information content (AvgIpc) is 3.23. The van der Waals surface area contributed by atoms with Crippen molar-refractivity contribution < 1.29 is 13.6 Å². The number of halogens is 2. The van der Waals surface area contributed by atoms with E-state index in [9.17, 15) is 13.6 Å². The van der Waals surface area contributed by atoms with E-state index in [-0.39, 0.29) is 11.5 Å². The molecule has 0 bridgehead atoms. The first kappa shape index (κ1) is 18.9. The molecule has 0 saturated carbocycles. The lowest BCUT2D eigenvalue weighted by atomic mass is 10.2. The quantitative estimate of drug-likeness (QED) is 0.789. The molecule has 4 nitrogen and oxygen atoms in total. The highest BCUT2D eigenvalue weighted by Gasteiger charge is 2.31. The van der Waals surface area contributed by atoms with Gasteiger partial charge in [0.05, 0.1) is 5.69 Å². The summed E-state index contributed by atoms with van der Waals surface area (Å²) >= 11 is 1.17. The molecule has 1 aliphatic heterocycles. The maximum atomic E-state index is 14.0. The zero-order chi connectivity index (χ0) is 18.8. The number of carbonyl (C=O) groups is 1. The van der Waals surface area contributed by atoms with Crippen molar-refractivity contribution in [2.45, 2.75) is 33.2 Å². The van der Waals surface area contributed by atoms with E-state index in [1.165, 1.54) is 23.5 Å². The molecule has 2 aromatic rings. The third-order valence-electron chi connectivity index (χ3n) is 4.93. The molecular formula is C19H23F2N3OS. The van der Waals surface area contributed by atoms with Crippen molar-refractivity contribution in [2.75, 3.05) is 26.2 Å². The summed E-state index contributed by atoms with van der Waals surface area (Å²) in [5, 5.41) is 0.405. The molecule has 0 aliphatic carbocycles. The Morgan fingerprint density at radius 3 is 2.73 bits per heavy atom. The van der Waals surface area contributed by atoms with Crippen LogP contribution in [0.4, 0.5) is 8.78 Å². The van der Waals surface area contributed by atoms with Crippen molar-refractivity contribution in [3.8, 4) is 10.6 Å². The number of aromatic nitrogens is 1. The molecule has 1 aromatic heterocycles. The van der Waals surface area contributed by atoms with Gasteiger partial charge in [0.1, 0.15) is 21.5 Å². The third kappa shape index (κ3) is 3.64. The van der Waals surface area contributed by atoms with Gasteiger partial charge in [-0.15, -0.1) is 11.3 Å². The van der Waals surface area contributed by atoms with Crippen molar-refractivity contribution in [3.05, 3.63) is 40.4 Å². The zero-order valence-electron chi connectivity index (χ0n) is 15.3. The smallest absolute Gasteiger partial charge is 0.265 e. The van der Waals surface area contributed by atoms with Crippen LogP contribution in [-0.2, 0) is 0 Å². The number of amides is 1. The van der Waals surface area contributed by atoms with Crippen LogP contribution in [0.3, 0.4) is 0 Å². The Labute approximate surface area is 156 Å². The van der Waals surface area contributed by atoms with Gasteiger partial charge in [-0.3, -0.25) is 9.69 Å². The van der Waals surface area contributed by atoms with Crippen LogP contribution in [-0.4, -0.2) is 52.9 Å². The predicted octanol–water partition coefficient (Wildman–Crippen LogP) is 3.95. The molecule has 140 valence electrons. The van der Waals surface area contributed by atoms with E-state index in [4.69, 9.17) is 0 Å². The molecule has 1 atom stereocenters. The minimum atomic E-state index is -0.666. The second-order valence-corrected chi connectivity index (χ2v) is 7.47. The van der Waals surface area contributed by atoms with Crippen molar-refractivity contribution in [3.63, 3.8) is 0 Å². The summed E-state index contributed by atoms with van der Waals surface area (Å²) in [5.74, 6) is -1.35. The number of hydrogen-bond donors (Lipinski definition) is 0. The summed E-state index contributed by atoms with van der Waals surface area (Å²) in [6, 6.07) is 3.79. The molecule has 2 heterocycles. The largest absolute Gasteiger partial charge is 0.336 e. The van der Waals surface area contributed by atoms with E-state index in [0.29, 0.717) is 28.2 Å². The van der Waals surface area contributed by atoms with Gasteiger partial charge in [0.25, 0.3) is 5.91 Å². The van der Waals surface area contributed by atoms with Crippen molar-refractivity contribution >= 4 is 17.2 Å². The minimum Gasteiger partial charge on any atom is -0.336 e. The molecule has 0 spiro atoms.